The van der Waals surface area contributed by atoms with Crippen LogP contribution in [-0.2, 0) is 10.0 Å². The number of hydrogen-bond acceptors (Lipinski definition) is 5. The number of sulfonamides is 1. The molecule has 0 radical (unpaired) electrons. The molecule has 1 aromatic heterocycles. The minimum absolute atomic E-state index is 0.213. The summed E-state index contributed by atoms with van der Waals surface area (Å²) >= 11 is 4.57. The smallest absolute Gasteiger partial charge is 0.252 e. The molecule has 1 aromatic rings. The molecule has 3 heterocycles. The highest BCUT2D eigenvalue weighted by molar-refractivity contribution is 9.11. The van der Waals surface area contributed by atoms with Gasteiger partial charge >= 0.3 is 0 Å². The highest BCUT2D eigenvalue weighted by atomic mass is 79.9. The number of hydrogen-bond donors (Lipinski definition) is 1. The Morgan fingerprint density at radius 1 is 1.19 bits per heavy atom. The van der Waals surface area contributed by atoms with Gasteiger partial charge in [-0.05, 0) is 47.3 Å². The minimum Gasteiger partial charge on any atom is -0.392 e. The van der Waals surface area contributed by atoms with Crippen molar-refractivity contribution in [2.45, 2.75) is 35.6 Å². The summed E-state index contributed by atoms with van der Waals surface area (Å²) in [5.74, 6) is 0. The van der Waals surface area contributed by atoms with Crippen molar-refractivity contribution in [1.82, 2.24) is 9.21 Å². The first kappa shape index (κ1) is 15.9. The number of β-amino-alcohol motifs (C(OH)–C–C–N with tert-alkyl or cyclic N) is 1. The van der Waals surface area contributed by atoms with Crippen LogP contribution in [0.4, 0.5) is 0 Å². The Bertz CT molecular complexity index is 596. The first-order valence-corrected chi connectivity index (χ1v) is 10.2. The molecule has 0 bridgehead atoms. The molecule has 1 N–H and O–H groups in total. The SMILES string of the molecule is O=S(=O)(c1ccc(Br)s1)N1CCC(N2CCC(O)C2)CC1. The van der Waals surface area contributed by atoms with E-state index >= 15 is 0 Å². The summed E-state index contributed by atoms with van der Waals surface area (Å²) in [6, 6.07) is 3.84. The zero-order valence-electron chi connectivity index (χ0n) is 11.6. The molecule has 3 rings (SSSR count). The van der Waals surface area contributed by atoms with Crippen molar-refractivity contribution in [2.24, 2.45) is 0 Å². The number of aliphatic hydroxyl groups excluding tert-OH is 1. The normalized spacial score (nSPS) is 26.5. The molecular weight excluding hydrogens is 376 g/mol. The molecule has 0 spiro atoms. The van der Waals surface area contributed by atoms with Gasteiger partial charge in [0.2, 0.25) is 0 Å². The van der Waals surface area contributed by atoms with Crippen molar-refractivity contribution in [2.75, 3.05) is 26.2 Å². The number of piperidine rings is 1. The molecule has 2 saturated heterocycles. The number of halogens is 1. The van der Waals surface area contributed by atoms with Crippen LogP contribution in [0.3, 0.4) is 0 Å². The van der Waals surface area contributed by atoms with Crippen LogP contribution in [-0.4, -0.2) is 61.1 Å². The van der Waals surface area contributed by atoms with Crippen molar-refractivity contribution in [3.63, 3.8) is 0 Å². The fourth-order valence-electron chi connectivity index (χ4n) is 3.11. The van der Waals surface area contributed by atoms with Crippen LogP contribution in [0.5, 0.6) is 0 Å². The van der Waals surface area contributed by atoms with Crippen molar-refractivity contribution < 1.29 is 13.5 Å². The monoisotopic (exact) mass is 394 g/mol. The quantitative estimate of drug-likeness (QED) is 0.847. The van der Waals surface area contributed by atoms with Gasteiger partial charge in [-0.15, -0.1) is 11.3 Å². The molecule has 0 aliphatic carbocycles. The lowest BCUT2D eigenvalue weighted by atomic mass is 10.1. The zero-order chi connectivity index (χ0) is 15.0. The molecule has 118 valence electrons. The number of aliphatic hydroxyl groups is 1. The van der Waals surface area contributed by atoms with E-state index in [9.17, 15) is 13.5 Å². The Hall–Kier alpha value is 0.01000. The van der Waals surface area contributed by atoms with E-state index in [4.69, 9.17) is 0 Å². The molecule has 1 unspecified atom stereocenters. The van der Waals surface area contributed by atoms with Gasteiger partial charge in [-0.25, -0.2) is 8.42 Å². The fraction of sp³-hybridized carbons (Fsp3) is 0.692. The van der Waals surface area contributed by atoms with Crippen LogP contribution in [0.2, 0.25) is 0 Å². The first-order chi connectivity index (χ1) is 9.96. The summed E-state index contributed by atoms with van der Waals surface area (Å²) in [6.45, 7) is 2.79. The van der Waals surface area contributed by atoms with Crippen LogP contribution in [0.15, 0.2) is 20.1 Å². The average Bonchev–Trinajstić information content (AvgIpc) is 3.08. The van der Waals surface area contributed by atoms with Gasteiger partial charge in [0, 0.05) is 32.2 Å². The van der Waals surface area contributed by atoms with E-state index in [0.717, 1.165) is 36.1 Å². The lowest BCUT2D eigenvalue weighted by Gasteiger charge is -2.35. The van der Waals surface area contributed by atoms with Gasteiger partial charge in [0.05, 0.1) is 9.89 Å². The van der Waals surface area contributed by atoms with E-state index in [-0.39, 0.29) is 6.10 Å². The summed E-state index contributed by atoms with van der Waals surface area (Å²) < 4.78 is 27.9. The number of thiophene rings is 1. The number of nitrogens with zero attached hydrogens (tertiary/aromatic N) is 2. The molecule has 2 aliphatic heterocycles. The van der Waals surface area contributed by atoms with Crippen molar-refractivity contribution in [1.29, 1.82) is 0 Å². The third-order valence-corrected chi connectivity index (χ3v) is 8.27. The molecule has 1 atom stereocenters. The van der Waals surface area contributed by atoms with Crippen LogP contribution >= 0.6 is 27.3 Å². The van der Waals surface area contributed by atoms with Crippen LogP contribution in [0, 0.1) is 0 Å². The van der Waals surface area contributed by atoms with E-state index in [1.807, 2.05) is 0 Å². The number of rotatable bonds is 3. The van der Waals surface area contributed by atoms with Gasteiger partial charge < -0.3 is 5.11 Å². The largest absolute Gasteiger partial charge is 0.392 e. The average molecular weight is 395 g/mol. The second-order valence-corrected chi connectivity index (χ2v) is 10.3. The predicted molar refractivity (Wildman–Crippen MR) is 86.0 cm³/mol. The van der Waals surface area contributed by atoms with Crippen LogP contribution < -0.4 is 0 Å². The van der Waals surface area contributed by atoms with E-state index in [0.29, 0.717) is 23.3 Å². The molecule has 8 heteroatoms. The van der Waals surface area contributed by atoms with Crippen molar-refractivity contribution in [3.05, 3.63) is 15.9 Å². The minimum atomic E-state index is -3.34. The van der Waals surface area contributed by atoms with Crippen LogP contribution in [0.25, 0.3) is 0 Å². The van der Waals surface area contributed by atoms with Gasteiger partial charge in [-0.3, -0.25) is 4.90 Å². The van der Waals surface area contributed by atoms with Gasteiger partial charge in [0.25, 0.3) is 10.0 Å². The number of likely N-dealkylation sites (tertiary alicyclic amines) is 1. The lowest BCUT2D eigenvalue weighted by molar-refractivity contribution is 0.132. The standard InChI is InChI=1S/C13H19BrN2O3S2/c14-12-1-2-13(20-12)21(18,19)16-7-3-10(4-8-16)15-6-5-11(17)9-15/h1-2,10-11,17H,3-9H2. The van der Waals surface area contributed by atoms with E-state index in [1.165, 1.54) is 11.3 Å². The van der Waals surface area contributed by atoms with Crippen molar-refractivity contribution in [3.8, 4) is 0 Å². The van der Waals surface area contributed by atoms with E-state index < -0.39 is 10.0 Å². The fourth-order valence-corrected chi connectivity index (χ4v) is 6.74. The summed E-state index contributed by atoms with van der Waals surface area (Å²) in [5, 5.41) is 9.61. The highest BCUT2D eigenvalue weighted by Crippen LogP contribution is 2.31. The molecule has 21 heavy (non-hydrogen) atoms. The summed E-state index contributed by atoms with van der Waals surface area (Å²) in [6.07, 6.45) is 2.31. The highest BCUT2D eigenvalue weighted by Gasteiger charge is 2.34. The second-order valence-electron chi connectivity index (χ2n) is 5.63. The van der Waals surface area contributed by atoms with E-state index in [2.05, 4.69) is 20.8 Å². The van der Waals surface area contributed by atoms with Gasteiger partial charge in [-0.1, -0.05) is 0 Å². The van der Waals surface area contributed by atoms with Crippen molar-refractivity contribution >= 4 is 37.3 Å². The maximum Gasteiger partial charge on any atom is 0.252 e. The maximum absolute atomic E-state index is 12.5. The summed E-state index contributed by atoms with van der Waals surface area (Å²) in [5.41, 5.74) is 0. The van der Waals surface area contributed by atoms with Gasteiger partial charge in [0.1, 0.15) is 4.21 Å². The Morgan fingerprint density at radius 3 is 2.43 bits per heavy atom. The Balaban J connectivity index is 1.63. The summed E-state index contributed by atoms with van der Waals surface area (Å²) in [7, 11) is -3.34. The lowest BCUT2D eigenvalue weighted by Crippen LogP contribution is -2.46. The molecule has 2 aliphatic rings. The molecule has 0 aromatic carbocycles. The topological polar surface area (TPSA) is 60.9 Å². The van der Waals surface area contributed by atoms with Crippen LogP contribution in [0.1, 0.15) is 19.3 Å². The molecule has 0 amide bonds. The molecule has 0 saturated carbocycles. The summed E-state index contributed by atoms with van der Waals surface area (Å²) in [4.78, 5) is 2.30. The molecule has 5 nitrogen and oxygen atoms in total. The first-order valence-electron chi connectivity index (χ1n) is 7.14. The molecular formula is C13H19BrN2O3S2. The second kappa shape index (κ2) is 6.25. The third kappa shape index (κ3) is 3.35. The Kier molecular flexibility index (Phi) is 4.73. The zero-order valence-corrected chi connectivity index (χ0v) is 14.8. The van der Waals surface area contributed by atoms with Gasteiger partial charge in [0.15, 0.2) is 0 Å². The Morgan fingerprint density at radius 2 is 1.90 bits per heavy atom. The van der Waals surface area contributed by atoms with Gasteiger partial charge in [-0.2, -0.15) is 4.31 Å². The third-order valence-electron chi connectivity index (χ3n) is 4.28. The molecule has 2 fully saturated rings. The maximum atomic E-state index is 12.5. The predicted octanol–water partition coefficient (Wildman–Crippen LogP) is 1.73. The Labute approximate surface area is 137 Å². The van der Waals surface area contributed by atoms with E-state index in [1.54, 1.807) is 16.4 Å².